The number of ketones is 1. The fraction of sp³-hybridized carbons (Fsp3) is 0.750. The zero-order valence-electron chi connectivity index (χ0n) is 8.02. The third-order valence-corrected chi connectivity index (χ3v) is 3.02. The first-order valence-electron chi connectivity index (χ1n) is 4.36. The lowest BCUT2D eigenvalue weighted by Gasteiger charge is -2.25. The minimum absolute atomic E-state index is 0.0348. The third kappa shape index (κ3) is 3.45. The van der Waals surface area contributed by atoms with Crippen molar-refractivity contribution in [3.63, 3.8) is 0 Å². The normalized spacial score (nSPS) is 18.8. The number of sulfone groups is 1. The number of carbonyl (C=O) groups is 2. The molecule has 1 rings (SSSR count). The van der Waals surface area contributed by atoms with Gasteiger partial charge in [0.25, 0.3) is 0 Å². The van der Waals surface area contributed by atoms with Gasteiger partial charge in [0, 0.05) is 25.8 Å². The van der Waals surface area contributed by atoms with Crippen molar-refractivity contribution in [1.29, 1.82) is 0 Å². The van der Waals surface area contributed by atoms with Crippen molar-refractivity contribution < 1.29 is 18.0 Å². The Balaban J connectivity index is 2.46. The van der Waals surface area contributed by atoms with E-state index >= 15 is 0 Å². The molecule has 1 amide bonds. The molecule has 0 unspecified atom stereocenters. The predicted octanol–water partition coefficient (Wildman–Crippen LogP) is -0.777. The van der Waals surface area contributed by atoms with Gasteiger partial charge in [-0.2, -0.15) is 0 Å². The molecule has 1 aliphatic rings. The van der Waals surface area contributed by atoms with E-state index in [1.165, 1.54) is 4.90 Å². The summed E-state index contributed by atoms with van der Waals surface area (Å²) in [5.41, 5.74) is 0. The Morgan fingerprint density at radius 2 is 2.00 bits per heavy atom. The Bertz CT molecular complexity index is 346. The summed E-state index contributed by atoms with van der Waals surface area (Å²) in [5, 5.41) is 0. The molecule has 0 aromatic heterocycles. The molecular weight excluding hydrogens is 206 g/mol. The topological polar surface area (TPSA) is 71.5 Å². The largest absolute Gasteiger partial charge is 0.341 e. The maximum atomic E-state index is 11.2. The number of Topliss-reactive ketones (excluding diaryl/α,β-unsaturated/α-hetero) is 1. The molecule has 0 atom stereocenters. The average molecular weight is 219 g/mol. The molecule has 0 saturated carbocycles. The summed E-state index contributed by atoms with van der Waals surface area (Å²) < 4.78 is 21.7. The first kappa shape index (κ1) is 11.2. The zero-order chi connectivity index (χ0) is 10.8. The van der Waals surface area contributed by atoms with E-state index in [4.69, 9.17) is 0 Å². The Kier molecular flexibility index (Phi) is 3.25. The second-order valence-electron chi connectivity index (χ2n) is 3.48. The Morgan fingerprint density at radius 3 is 2.50 bits per heavy atom. The minimum atomic E-state index is -3.04. The number of hydrogen-bond donors (Lipinski definition) is 0. The highest BCUT2D eigenvalue weighted by atomic mass is 32.2. The van der Waals surface area contributed by atoms with E-state index in [1.807, 2.05) is 0 Å². The zero-order valence-corrected chi connectivity index (χ0v) is 8.84. The van der Waals surface area contributed by atoms with Crippen LogP contribution in [0.1, 0.15) is 12.8 Å². The van der Waals surface area contributed by atoms with Crippen LogP contribution >= 0.6 is 0 Å². The number of likely N-dealkylation sites (tertiary alicyclic amines) is 1. The van der Waals surface area contributed by atoms with Crippen LogP contribution in [0.15, 0.2) is 0 Å². The van der Waals surface area contributed by atoms with Crippen LogP contribution in [0.5, 0.6) is 0 Å². The molecule has 0 spiro atoms. The molecular formula is C8H13NO4S. The van der Waals surface area contributed by atoms with Gasteiger partial charge in [-0.05, 0) is 0 Å². The molecule has 0 aromatic rings. The highest BCUT2D eigenvalue weighted by Gasteiger charge is 2.23. The first-order valence-corrected chi connectivity index (χ1v) is 6.42. The van der Waals surface area contributed by atoms with Crippen molar-refractivity contribution in [2.75, 3.05) is 25.1 Å². The fourth-order valence-electron chi connectivity index (χ4n) is 1.27. The van der Waals surface area contributed by atoms with Gasteiger partial charge < -0.3 is 4.90 Å². The quantitative estimate of drug-likeness (QED) is 0.584. The summed E-state index contributed by atoms with van der Waals surface area (Å²) >= 11 is 0. The van der Waals surface area contributed by atoms with Crippen molar-refractivity contribution in [2.24, 2.45) is 0 Å². The molecule has 6 heteroatoms. The van der Waals surface area contributed by atoms with Gasteiger partial charge in [-0.1, -0.05) is 0 Å². The van der Waals surface area contributed by atoms with Gasteiger partial charge in [0.05, 0.1) is 12.2 Å². The van der Waals surface area contributed by atoms with E-state index in [0.717, 1.165) is 6.26 Å². The second kappa shape index (κ2) is 4.08. The van der Waals surface area contributed by atoms with E-state index in [-0.39, 0.29) is 30.4 Å². The molecule has 80 valence electrons. The Labute approximate surface area is 83.0 Å². The Hall–Kier alpha value is -0.910. The molecule has 1 fully saturated rings. The van der Waals surface area contributed by atoms with Gasteiger partial charge in [0.15, 0.2) is 0 Å². The van der Waals surface area contributed by atoms with Crippen molar-refractivity contribution in [3.8, 4) is 0 Å². The number of amides is 1. The van der Waals surface area contributed by atoms with E-state index in [9.17, 15) is 18.0 Å². The molecule has 1 aliphatic heterocycles. The Morgan fingerprint density at radius 1 is 1.36 bits per heavy atom. The van der Waals surface area contributed by atoms with Crippen LogP contribution in [-0.2, 0) is 19.4 Å². The SMILES string of the molecule is CS(=O)(=O)CCN1CCC(=O)CC1=O. The van der Waals surface area contributed by atoms with E-state index in [0.29, 0.717) is 13.0 Å². The summed E-state index contributed by atoms with van der Waals surface area (Å²) in [6.45, 7) is 0.554. The lowest BCUT2D eigenvalue weighted by atomic mass is 10.1. The lowest BCUT2D eigenvalue weighted by molar-refractivity contribution is -0.139. The maximum Gasteiger partial charge on any atom is 0.230 e. The van der Waals surface area contributed by atoms with Gasteiger partial charge in [-0.15, -0.1) is 0 Å². The highest BCUT2D eigenvalue weighted by Crippen LogP contribution is 2.07. The highest BCUT2D eigenvalue weighted by molar-refractivity contribution is 7.90. The molecule has 5 nitrogen and oxygen atoms in total. The van der Waals surface area contributed by atoms with E-state index in [1.54, 1.807) is 0 Å². The van der Waals surface area contributed by atoms with Gasteiger partial charge in [0.1, 0.15) is 15.6 Å². The summed E-state index contributed by atoms with van der Waals surface area (Å²) in [6.07, 6.45) is 1.39. The van der Waals surface area contributed by atoms with Gasteiger partial charge in [-0.3, -0.25) is 9.59 Å². The van der Waals surface area contributed by atoms with Crippen molar-refractivity contribution in [1.82, 2.24) is 4.90 Å². The number of piperidine rings is 1. The van der Waals surface area contributed by atoms with Crippen molar-refractivity contribution in [2.45, 2.75) is 12.8 Å². The van der Waals surface area contributed by atoms with Crippen LogP contribution in [-0.4, -0.2) is 50.1 Å². The number of nitrogens with zero attached hydrogens (tertiary/aromatic N) is 1. The lowest BCUT2D eigenvalue weighted by Crippen LogP contribution is -2.41. The first-order chi connectivity index (χ1) is 6.38. The predicted molar refractivity (Wildman–Crippen MR) is 50.5 cm³/mol. The average Bonchev–Trinajstić information content (AvgIpc) is 2.00. The monoisotopic (exact) mass is 219 g/mol. The van der Waals surface area contributed by atoms with Gasteiger partial charge in [-0.25, -0.2) is 8.42 Å². The van der Waals surface area contributed by atoms with E-state index in [2.05, 4.69) is 0 Å². The summed E-state index contributed by atoms with van der Waals surface area (Å²) in [4.78, 5) is 23.5. The summed E-state index contributed by atoms with van der Waals surface area (Å²) in [5.74, 6) is -0.358. The number of hydrogen-bond acceptors (Lipinski definition) is 4. The number of carbonyl (C=O) groups excluding carboxylic acids is 2. The van der Waals surface area contributed by atoms with Crippen molar-refractivity contribution in [3.05, 3.63) is 0 Å². The van der Waals surface area contributed by atoms with Crippen LogP contribution in [0.3, 0.4) is 0 Å². The second-order valence-corrected chi connectivity index (χ2v) is 5.74. The smallest absolute Gasteiger partial charge is 0.230 e. The maximum absolute atomic E-state index is 11.2. The molecule has 0 bridgehead atoms. The van der Waals surface area contributed by atoms with Crippen LogP contribution in [0.25, 0.3) is 0 Å². The minimum Gasteiger partial charge on any atom is -0.341 e. The van der Waals surface area contributed by atoms with Crippen LogP contribution in [0.4, 0.5) is 0 Å². The molecule has 0 aromatic carbocycles. The molecule has 14 heavy (non-hydrogen) atoms. The molecule has 0 aliphatic carbocycles. The standard InChI is InChI=1S/C8H13NO4S/c1-14(12,13)5-4-9-3-2-7(10)6-8(9)11/h2-6H2,1H3. The van der Waals surface area contributed by atoms with Crippen molar-refractivity contribution >= 4 is 21.5 Å². The van der Waals surface area contributed by atoms with Gasteiger partial charge >= 0.3 is 0 Å². The molecule has 0 N–H and O–H groups in total. The number of rotatable bonds is 3. The van der Waals surface area contributed by atoms with Crippen LogP contribution in [0.2, 0.25) is 0 Å². The summed E-state index contributed by atoms with van der Waals surface area (Å²) in [7, 11) is -3.04. The van der Waals surface area contributed by atoms with E-state index < -0.39 is 9.84 Å². The molecule has 1 saturated heterocycles. The van der Waals surface area contributed by atoms with Crippen LogP contribution in [0, 0.1) is 0 Å². The fourth-order valence-corrected chi connectivity index (χ4v) is 1.82. The molecule has 0 radical (unpaired) electrons. The summed E-state index contributed by atoms with van der Waals surface area (Å²) in [6, 6.07) is 0. The van der Waals surface area contributed by atoms with Crippen LogP contribution < -0.4 is 0 Å². The van der Waals surface area contributed by atoms with Gasteiger partial charge in [0.2, 0.25) is 5.91 Å². The third-order valence-electron chi connectivity index (χ3n) is 2.09. The molecule has 1 heterocycles.